The molecule has 0 spiro atoms. The van der Waals surface area contributed by atoms with Crippen LogP contribution in [0.15, 0.2) is 16.3 Å². The highest BCUT2D eigenvalue weighted by Crippen LogP contribution is 2.38. The Morgan fingerprint density at radius 2 is 1.50 bits per heavy atom. The number of pyridine rings is 1. The van der Waals surface area contributed by atoms with Gasteiger partial charge in [-0.05, 0) is 32.8 Å². The van der Waals surface area contributed by atoms with Crippen LogP contribution in [0.25, 0.3) is 0 Å². The van der Waals surface area contributed by atoms with Crippen LogP contribution in [0, 0.1) is 40.9 Å². The van der Waals surface area contributed by atoms with E-state index in [4.69, 9.17) is 9.47 Å². The number of carbonyl (C=O) groups excluding carboxylic acids is 2. The fourth-order valence-corrected chi connectivity index (χ4v) is 4.17. The second kappa shape index (κ2) is 13.8. The molecule has 1 aliphatic rings. The summed E-state index contributed by atoms with van der Waals surface area (Å²) in [6.45, 7) is 5.49. The zero-order chi connectivity index (χ0) is 29.2. The standard InChI is InChI=1S/C27H29N9O4/c1-5-36-26(37)18-12-17(13-28)23(20(15-30)21(18)27(36)38)35-34-22-16(2)19(14-29)24(31-8-6-10-39-3)33-25(22)32-9-7-11-40-4/h12H,5-11H2,1-4H3,(H2,31,32,33)/b35-34+. The van der Waals surface area contributed by atoms with Gasteiger partial charge in [-0.1, -0.05) is 0 Å². The molecule has 0 saturated carbocycles. The van der Waals surface area contributed by atoms with Gasteiger partial charge in [0.15, 0.2) is 5.82 Å². The first-order chi connectivity index (χ1) is 19.4. The summed E-state index contributed by atoms with van der Waals surface area (Å²) in [5.74, 6) is -0.518. The Hall–Kier alpha value is -4.90. The fourth-order valence-electron chi connectivity index (χ4n) is 4.17. The van der Waals surface area contributed by atoms with Crippen molar-refractivity contribution in [1.82, 2.24) is 9.88 Å². The first-order valence-corrected chi connectivity index (χ1v) is 12.6. The highest BCUT2D eigenvalue weighted by molar-refractivity contribution is 6.23. The zero-order valence-electron chi connectivity index (χ0n) is 22.8. The number of fused-ring (bicyclic) bond motifs is 1. The summed E-state index contributed by atoms with van der Waals surface area (Å²) in [4.78, 5) is 31.2. The van der Waals surface area contributed by atoms with Crippen molar-refractivity contribution in [2.75, 3.05) is 57.7 Å². The van der Waals surface area contributed by atoms with Gasteiger partial charge in [-0.25, -0.2) is 4.98 Å². The Bertz CT molecular complexity index is 1460. The molecule has 206 valence electrons. The molecule has 1 aliphatic heterocycles. The number of methoxy groups -OCH3 is 2. The largest absolute Gasteiger partial charge is 0.385 e. The quantitative estimate of drug-likeness (QED) is 0.213. The van der Waals surface area contributed by atoms with Crippen molar-refractivity contribution in [2.24, 2.45) is 10.2 Å². The number of ether oxygens (including phenoxy) is 2. The van der Waals surface area contributed by atoms with Crippen molar-refractivity contribution in [3.05, 3.63) is 39.4 Å². The highest BCUT2D eigenvalue weighted by atomic mass is 16.5. The molecule has 0 unspecified atom stereocenters. The maximum atomic E-state index is 12.9. The number of aromatic nitrogens is 1. The number of hydrogen-bond acceptors (Lipinski definition) is 12. The van der Waals surface area contributed by atoms with E-state index in [0.29, 0.717) is 56.3 Å². The minimum atomic E-state index is -0.631. The van der Waals surface area contributed by atoms with Gasteiger partial charge in [-0.3, -0.25) is 14.5 Å². The number of anilines is 2. The SMILES string of the molecule is CCN1C(=O)c2cc(C#N)c(/N=N/c3c(NCCCOC)nc(NCCCOC)c(C#N)c3C)c(C#N)c2C1=O. The monoisotopic (exact) mass is 543 g/mol. The van der Waals surface area contributed by atoms with Crippen molar-refractivity contribution in [1.29, 1.82) is 15.8 Å². The lowest BCUT2D eigenvalue weighted by Crippen LogP contribution is -2.29. The lowest BCUT2D eigenvalue weighted by molar-refractivity contribution is 0.0662. The van der Waals surface area contributed by atoms with Crippen LogP contribution < -0.4 is 10.6 Å². The zero-order valence-corrected chi connectivity index (χ0v) is 22.8. The molecule has 13 nitrogen and oxygen atoms in total. The first-order valence-electron chi connectivity index (χ1n) is 12.6. The summed E-state index contributed by atoms with van der Waals surface area (Å²) in [5.41, 5.74) is 0.362. The summed E-state index contributed by atoms with van der Waals surface area (Å²) in [6, 6.07) is 7.27. The molecule has 0 bridgehead atoms. The number of carbonyl (C=O) groups is 2. The molecule has 0 fully saturated rings. The predicted molar refractivity (Wildman–Crippen MR) is 145 cm³/mol. The molecule has 2 aromatic rings. The molecular weight excluding hydrogens is 514 g/mol. The Labute approximate surface area is 232 Å². The summed E-state index contributed by atoms with van der Waals surface area (Å²) >= 11 is 0. The maximum absolute atomic E-state index is 12.9. The third-order valence-electron chi connectivity index (χ3n) is 6.20. The molecular formula is C27H29N9O4. The molecule has 3 rings (SSSR count). The molecule has 0 aliphatic carbocycles. The topological polar surface area (TPSA) is 189 Å². The van der Waals surface area contributed by atoms with E-state index in [9.17, 15) is 25.4 Å². The molecule has 2 N–H and O–H groups in total. The van der Waals surface area contributed by atoms with Crippen molar-refractivity contribution < 1.29 is 19.1 Å². The van der Waals surface area contributed by atoms with Gasteiger partial charge in [0.05, 0.1) is 27.8 Å². The van der Waals surface area contributed by atoms with Crippen LogP contribution in [0.1, 0.15) is 62.7 Å². The van der Waals surface area contributed by atoms with Gasteiger partial charge >= 0.3 is 0 Å². The predicted octanol–water partition coefficient (Wildman–Crippen LogP) is 3.93. The highest BCUT2D eigenvalue weighted by Gasteiger charge is 2.39. The molecule has 40 heavy (non-hydrogen) atoms. The van der Waals surface area contributed by atoms with Crippen molar-refractivity contribution in [3.8, 4) is 18.2 Å². The van der Waals surface area contributed by atoms with Gasteiger partial charge in [0.25, 0.3) is 11.8 Å². The Balaban J connectivity index is 2.14. The molecule has 1 aromatic heterocycles. The van der Waals surface area contributed by atoms with Crippen molar-refractivity contribution >= 4 is 34.8 Å². The van der Waals surface area contributed by atoms with Gasteiger partial charge in [-0.2, -0.15) is 15.8 Å². The number of nitrogens with zero attached hydrogens (tertiary/aromatic N) is 7. The van der Waals surface area contributed by atoms with Gasteiger partial charge in [0.1, 0.15) is 35.4 Å². The molecule has 0 atom stereocenters. The maximum Gasteiger partial charge on any atom is 0.262 e. The van der Waals surface area contributed by atoms with E-state index >= 15 is 0 Å². The van der Waals surface area contributed by atoms with Crippen molar-refractivity contribution in [2.45, 2.75) is 26.7 Å². The van der Waals surface area contributed by atoms with E-state index < -0.39 is 11.8 Å². The van der Waals surface area contributed by atoms with Crippen LogP contribution in [-0.2, 0) is 9.47 Å². The lowest BCUT2D eigenvalue weighted by atomic mass is 9.97. The number of imide groups is 1. The second-order valence-corrected chi connectivity index (χ2v) is 8.66. The van der Waals surface area contributed by atoms with E-state index in [0.717, 1.165) is 4.90 Å². The fraction of sp³-hybridized carbons (Fsp3) is 0.407. The van der Waals surface area contributed by atoms with Crippen LogP contribution >= 0.6 is 0 Å². The Morgan fingerprint density at radius 1 is 0.900 bits per heavy atom. The van der Waals surface area contributed by atoms with Gasteiger partial charge in [-0.15, -0.1) is 10.2 Å². The van der Waals surface area contributed by atoms with E-state index in [1.807, 2.05) is 12.1 Å². The third kappa shape index (κ3) is 5.89. The van der Waals surface area contributed by atoms with Crippen LogP contribution in [0.3, 0.4) is 0 Å². The number of amides is 2. The first kappa shape index (κ1) is 29.7. The minimum Gasteiger partial charge on any atom is -0.385 e. The van der Waals surface area contributed by atoms with E-state index in [-0.39, 0.29) is 45.7 Å². The molecule has 0 radical (unpaired) electrons. The Kier molecular flexibility index (Phi) is 10.2. The summed E-state index contributed by atoms with van der Waals surface area (Å²) in [6.07, 6.45) is 1.36. The van der Waals surface area contributed by atoms with Crippen molar-refractivity contribution in [3.63, 3.8) is 0 Å². The van der Waals surface area contributed by atoms with Gasteiger partial charge < -0.3 is 20.1 Å². The lowest BCUT2D eigenvalue weighted by Gasteiger charge is -2.15. The van der Waals surface area contributed by atoms with E-state index in [2.05, 4.69) is 31.9 Å². The summed E-state index contributed by atoms with van der Waals surface area (Å²) < 4.78 is 10.2. The number of benzene rings is 1. The number of hydrogen-bond donors (Lipinski definition) is 2. The number of azo groups is 1. The smallest absolute Gasteiger partial charge is 0.262 e. The van der Waals surface area contributed by atoms with Crippen LogP contribution in [0.5, 0.6) is 0 Å². The number of nitriles is 3. The number of nitrogens with one attached hydrogen (secondary N) is 2. The van der Waals surface area contributed by atoms with Crippen LogP contribution in [0.4, 0.5) is 23.0 Å². The summed E-state index contributed by atoms with van der Waals surface area (Å²) in [7, 11) is 3.20. The molecule has 2 heterocycles. The molecule has 2 amide bonds. The van der Waals surface area contributed by atoms with Gasteiger partial charge in [0, 0.05) is 52.6 Å². The van der Waals surface area contributed by atoms with E-state index in [1.165, 1.54) is 6.07 Å². The van der Waals surface area contributed by atoms with Gasteiger partial charge in [0.2, 0.25) is 0 Å². The van der Waals surface area contributed by atoms with E-state index in [1.54, 1.807) is 28.1 Å². The average molecular weight is 544 g/mol. The van der Waals surface area contributed by atoms with Crippen LogP contribution in [0.2, 0.25) is 0 Å². The minimum absolute atomic E-state index is 0.0205. The Morgan fingerprint density at radius 3 is 2.05 bits per heavy atom. The molecule has 13 heteroatoms. The summed E-state index contributed by atoms with van der Waals surface area (Å²) in [5, 5.41) is 44.5. The molecule has 0 saturated heterocycles. The normalized spacial score (nSPS) is 12.3. The number of rotatable bonds is 13. The van der Waals surface area contributed by atoms with Crippen LogP contribution in [-0.4, -0.2) is 68.8 Å². The molecule has 1 aromatic carbocycles. The second-order valence-electron chi connectivity index (χ2n) is 8.66. The third-order valence-corrected chi connectivity index (χ3v) is 6.20. The average Bonchev–Trinajstić information content (AvgIpc) is 3.20.